The highest BCUT2D eigenvalue weighted by atomic mass is 16.5. The largest absolute Gasteiger partial charge is 0.465 e. The highest BCUT2D eigenvalue weighted by Crippen LogP contribution is 1.87. The van der Waals surface area contributed by atoms with E-state index in [2.05, 4.69) is 12.2 Å². The Kier molecular flexibility index (Phi) is 11.9. The van der Waals surface area contributed by atoms with Crippen molar-refractivity contribution in [3.05, 3.63) is 0 Å². The van der Waals surface area contributed by atoms with Crippen LogP contribution < -0.4 is 5.32 Å². The molecule has 0 aromatic heterocycles. The number of hydrogen-bond acceptors (Lipinski definition) is 5. The lowest BCUT2D eigenvalue weighted by atomic mass is 10.4. The highest BCUT2D eigenvalue weighted by molar-refractivity contribution is 5.71. The van der Waals surface area contributed by atoms with Gasteiger partial charge >= 0.3 is 5.97 Å². The van der Waals surface area contributed by atoms with Crippen molar-refractivity contribution in [3.8, 4) is 0 Å². The van der Waals surface area contributed by atoms with Crippen molar-refractivity contribution in [2.75, 3.05) is 46.6 Å². The molecule has 0 fully saturated rings. The van der Waals surface area contributed by atoms with Crippen molar-refractivity contribution < 1.29 is 19.0 Å². The van der Waals surface area contributed by atoms with Gasteiger partial charge in [-0.25, -0.2) is 0 Å². The number of rotatable bonds is 11. The highest BCUT2D eigenvalue weighted by Gasteiger charge is 2.00. The quantitative estimate of drug-likeness (QED) is 0.418. The first-order valence-electron chi connectivity index (χ1n) is 5.74. The topological polar surface area (TPSA) is 56.8 Å². The van der Waals surface area contributed by atoms with Crippen LogP contribution in [0.1, 0.15) is 19.8 Å². The monoisotopic (exact) mass is 233 g/mol. The molecule has 0 heterocycles. The number of ether oxygens (including phenoxy) is 3. The van der Waals surface area contributed by atoms with Crippen LogP contribution in [0.5, 0.6) is 0 Å². The van der Waals surface area contributed by atoms with Crippen LogP contribution in [-0.4, -0.2) is 52.6 Å². The zero-order valence-corrected chi connectivity index (χ0v) is 10.3. The molecule has 1 N–H and O–H groups in total. The van der Waals surface area contributed by atoms with Gasteiger partial charge in [-0.2, -0.15) is 0 Å². The van der Waals surface area contributed by atoms with E-state index in [1.807, 2.05) is 0 Å². The summed E-state index contributed by atoms with van der Waals surface area (Å²) in [6, 6.07) is 0. The molecule has 0 unspecified atom stereocenters. The van der Waals surface area contributed by atoms with Gasteiger partial charge in [0.1, 0.15) is 0 Å². The summed E-state index contributed by atoms with van der Waals surface area (Å²) in [6.07, 6.45) is 1.96. The van der Waals surface area contributed by atoms with E-state index in [1.54, 1.807) is 7.11 Å². The first-order valence-corrected chi connectivity index (χ1v) is 5.74. The summed E-state index contributed by atoms with van der Waals surface area (Å²) in [5, 5.41) is 2.95. The molecule has 0 bridgehead atoms. The maximum absolute atomic E-state index is 11.1. The van der Waals surface area contributed by atoms with Gasteiger partial charge in [-0.05, 0) is 6.42 Å². The fraction of sp³-hybridized carbons (Fsp3) is 0.909. The molecule has 0 aliphatic carbocycles. The van der Waals surface area contributed by atoms with Crippen molar-refractivity contribution in [3.63, 3.8) is 0 Å². The number of hydrogen-bond donors (Lipinski definition) is 1. The fourth-order valence-electron chi connectivity index (χ4n) is 0.960. The minimum atomic E-state index is -0.203. The summed E-state index contributed by atoms with van der Waals surface area (Å²) in [4.78, 5) is 11.1. The molecule has 0 aliphatic heterocycles. The number of unbranched alkanes of at least 4 members (excludes halogenated alkanes) is 1. The third kappa shape index (κ3) is 11.4. The first kappa shape index (κ1) is 15.3. The molecule has 0 rings (SSSR count). The number of esters is 1. The van der Waals surface area contributed by atoms with Crippen molar-refractivity contribution in [1.29, 1.82) is 0 Å². The molecule has 5 heteroatoms. The molecule has 96 valence electrons. The van der Waals surface area contributed by atoms with Crippen molar-refractivity contribution >= 4 is 5.97 Å². The summed E-state index contributed by atoms with van der Waals surface area (Å²) in [5.41, 5.74) is 0. The van der Waals surface area contributed by atoms with E-state index < -0.39 is 0 Å². The summed E-state index contributed by atoms with van der Waals surface area (Å²) in [6.45, 7) is 5.22. The van der Waals surface area contributed by atoms with E-state index >= 15 is 0 Å². The van der Waals surface area contributed by atoms with Crippen LogP contribution in [0.4, 0.5) is 0 Å². The van der Waals surface area contributed by atoms with Gasteiger partial charge in [0.15, 0.2) is 0 Å². The number of carbonyl (C=O) groups excluding carboxylic acids is 1. The molecule has 0 aromatic carbocycles. The van der Waals surface area contributed by atoms with Crippen LogP contribution in [-0.2, 0) is 19.0 Å². The van der Waals surface area contributed by atoms with E-state index in [0.717, 1.165) is 12.8 Å². The van der Waals surface area contributed by atoms with Gasteiger partial charge < -0.3 is 19.5 Å². The van der Waals surface area contributed by atoms with Gasteiger partial charge in [0, 0.05) is 13.7 Å². The SMILES string of the molecule is CCCCOC(=O)CNCCOCCOC. The minimum Gasteiger partial charge on any atom is -0.465 e. The van der Waals surface area contributed by atoms with Crippen LogP contribution in [0.3, 0.4) is 0 Å². The molecule has 0 aliphatic rings. The summed E-state index contributed by atoms with van der Waals surface area (Å²) in [7, 11) is 1.63. The average molecular weight is 233 g/mol. The predicted octanol–water partition coefficient (Wildman–Crippen LogP) is 0.582. The molecular formula is C11H23NO4. The van der Waals surface area contributed by atoms with Gasteiger partial charge in [0.05, 0.1) is 33.0 Å². The maximum Gasteiger partial charge on any atom is 0.319 e. The Bertz CT molecular complexity index is 164. The lowest BCUT2D eigenvalue weighted by Crippen LogP contribution is -2.28. The number of methoxy groups -OCH3 is 1. The molecular weight excluding hydrogens is 210 g/mol. The van der Waals surface area contributed by atoms with Crippen LogP contribution in [0, 0.1) is 0 Å². The van der Waals surface area contributed by atoms with Crippen LogP contribution in [0.25, 0.3) is 0 Å². The van der Waals surface area contributed by atoms with E-state index in [-0.39, 0.29) is 12.5 Å². The van der Waals surface area contributed by atoms with E-state index in [4.69, 9.17) is 14.2 Å². The zero-order chi connectivity index (χ0) is 12.1. The Balaban J connectivity index is 3.09. The molecule has 0 atom stereocenters. The van der Waals surface area contributed by atoms with Gasteiger partial charge in [-0.15, -0.1) is 0 Å². The standard InChI is InChI=1S/C11H23NO4/c1-3-4-6-16-11(13)10-12-5-7-15-9-8-14-2/h12H,3-10H2,1-2H3. The predicted molar refractivity (Wildman–Crippen MR) is 61.4 cm³/mol. The average Bonchev–Trinajstić information content (AvgIpc) is 2.28. The van der Waals surface area contributed by atoms with Crippen LogP contribution in [0.15, 0.2) is 0 Å². The Morgan fingerprint density at radius 1 is 1.19 bits per heavy atom. The van der Waals surface area contributed by atoms with E-state index in [9.17, 15) is 4.79 Å². The Morgan fingerprint density at radius 3 is 2.69 bits per heavy atom. The lowest BCUT2D eigenvalue weighted by Gasteiger charge is -2.06. The second-order valence-electron chi connectivity index (χ2n) is 3.36. The molecule has 0 saturated heterocycles. The normalized spacial score (nSPS) is 10.4. The Labute approximate surface area is 97.4 Å². The second kappa shape index (κ2) is 12.4. The van der Waals surface area contributed by atoms with Gasteiger partial charge in [0.25, 0.3) is 0 Å². The number of nitrogens with one attached hydrogen (secondary N) is 1. The summed E-state index contributed by atoms with van der Waals surface area (Å²) in [5.74, 6) is -0.203. The molecule has 0 saturated carbocycles. The molecule has 16 heavy (non-hydrogen) atoms. The molecule has 0 aromatic rings. The van der Waals surface area contributed by atoms with Crippen molar-refractivity contribution in [2.45, 2.75) is 19.8 Å². The smallest absolute Gasteiger partial charge is 0.319 e. The first-order chi connectivity index (χ1) is 7.81. The van der Waals surface area contributed by atoms with Gasteiger partial charge in [-0.1, -0.05) is 13.3 Å². The Hall–Kier alpha value is -0.650. The molecule has 0 spiro atoms. The zero-order valence-electron chi connectivity index (χ0n) is 10.3. The van der Waals surface area contributed by atoms with Gasteiger partial charge in [-0.3, -0.25) is 4.79 Å². The van der Waals surface area contributed by atoms with Crippen LogP contribution in [0.2, 0.25) is 0 Å². The Morgan fingerprint density at radius 2 is 2.00 bits per heavy atom. The van der Waals surface area contributed by atoms with E-state index in [1.165, 1.54) is 0 Å². The third-order valence-corrected chi connectivity index (χ3v) is 1.89. The summed E-state index contributed by atoms with van der Waals surface area (Å²) < 4.78 is 15.0. The van der Waals surface area contributed by atoms with Crippen molar-refractivity contribution in [2.24, 2.45) is 0 Å². The van der Waals surface area contributed by atoms with Crippen molar-refractivity contribution in [1.82, 2.24) is 5.32 Å². The lowest BCUT2D eigenvalue weighted by molar-refractivity contribution is -0.142. The molecule has 5 nitrogen and oxygen atoms in total. The fourth-order valence-corrected chi connectivity index (χ4v) is 0.960. The van der Waals surface area contributed by atoms with Gasteiger partial charge in [0.2, 0.25) is 0 Å². The minimum absolute atomic E-state index is 0.203. The molecule has 0 radical (unpaired) electrons. The second-order valence-corrected chi connectivity index (χ2v) is 3.36. The van der Waals surface area contributed by atoms with E-state index in [0.29, 0.717) is 33.0 Å². The molecule has 0 amide bonds. The third-order valence-electron chi connectivity index (χ3n) is 1.89. The maximum atomic E-state index is 11.1. The summed E-state index contributed by atoms with van der Waals surface area (Å²) >= 11 is 0. The van der Waals surface area contributed by atoms with Crippen LogP contribution >= 0.6 is 0 Å². The number of carbonyl (C=O) groups is 1.